The molecule has 1 heterocycles. The Hall–Kier alpha value is -2.34. The van der Waals surface area contributed by atoms with E-state index in [1.54, 1.807) is 12.1 Å². The van der Waals surface area contributed by atoms with Crippen LogP contribution in [0.3, 0.4) is 0 Å². The molecule has 0 aromatic heterocycles. The zero-order valence-corrected chi connectivity index (χ0v) is 15.2. The molecular weight excluding hydrogens is 384 g/mol. The number of carbonyl (C=O) groups excluding carboxylic acids is 2. The fraction of sp³-hybridized carbons (Fsp3) is 0.263. The minimum Gasteiger partial charge on any atom is -0.493 e. The SMILES string of the molecule is O=C(CCNC(=O)c1ccc(Br)cc1)N[C@H]1CCOc2ccccc21. The molecule has 3 rings (SSSR count). The summed E-state index contributed by atoms with van der Waals surface area (Å²) in [6, 6.07) is 14.8. The van der Waals surface area contributed by atoms with Gasteiger partial charge in [0, 0.05) is 35.0 Å². The van der Waals surface area contributed by atoms with Crippen LogP contribution >= 0.6 is 15.9 Å². The molecule has 0 spiro atoms. The lowest BCUT2D eigenvalue weighted by molar-refractivity contribution is -0.121. The normalized spacial score (nSPS) is 15.6. The monoisotopic (exact) mass is 402 g/mol. The summed E-state index contributed by atoms with van der Waals surface area (Å²) < 4.78 is 6.51. The number of amides is 2. The summed E-state index contributed by atoms with van der Waals surface area (Å²) in [6.07, 6.45) is 0.982. The van der Waals surface area contributed by atoms with E-state index in [9.17, 15) is 9.59 Å². The van der Waals surface area contributed by atoms with Gasteiger partial charge in [0.25, 0.3) is 5.91 Å². The van der Waals surface area contributed by atoms with Crippen molar-refractivity contribution in [2.24, 2.45) is 0 Å². The van der Waals surface area contributed by atoms with Crippen LogP contribution in [0, 0.1) is 0 Å². The molecule has 2 amide bonds. The molecule has 1 aliphatic heterocycles. The predicted octanol–water partition coefficient (Wildman–Crippen LogP) is 3.21. The fourth-order valence-electron chi connectivity index (χ4n) is 2.75. The Bertz CT molecular complexity index is 762. The van der Waals surface area contributed by atoms with Gasteiger partial charge in [-0.25, -0.2) is 0 Å². The molecule has 0 unspecified atom stereocenters. The van der Waals surface area contributed by atoms with Crippen LogP contribution in [0.1, 0.15) is 34.8 Å². The Morgan fingerprint density at radius 3 is 2.68 bits per heavy atom. The number of benzene rings is 2. The number of fused-ring (bicyclic) bond motifs is 1. The third-order valence-corrected chi connectivity index (χ3v) is 4.57. The van der Waals surface area contributed by atoms with E-state index in [-0.39, 0.29) is 24.3 Å². The topological polar surface area (TPSA) is 67.4 Å². The molecule has 2 N–H and O–H groups in total. The average Bonchev–Trinajstić information content (AvgIpc) is 2.62. The van der Waals surface area contributed by atoms with Crippen LogP contribution in [0.2, 0.25) is 0 Å². The largest absolute Gasteiger partial charge is 0.493 e. The Kier molecular flexibility index (Phi) is 5.71. The van der Waals surface area contributed by atoms with Crippen LogP contribution in [0.15, 0.2) is 53.0 Å². The number of halogens is 1. The highest BCUT2D eigenvalue weighted by Crippen LogP contribution is 2.31. The van der Waals surface area contributed by atoms with Crippen molar-refractivity contribution in [2.45, 2.75) is 18.9 Å². The average molecular weight is 403 g/mol. The molecule has 0 saturated heterocycles. The van der Waals surface area contributed by atoms with Crippen LogP contribution in [0.25, 0.3) is 0 Å². The molecule has 6 heteroatoms. The van der Waals surface area contributed by atoms with E-state index >= 15 is 0 Å². The number of nitrogens with one attached hydrogen (secondary N) is 2. The number of hydrogen-bond donors (Lipinski definition) is 2. The van der Waals surface area contributed by atoms with Crippen LogP contribution in [0.4, 0.5) is 0 Å². The predicted molar refractivity (Wildman–Crippen MR) is 98.5 cm³/mol. The van der Waals surface area contributed by atoms with Gasteiger partial charge in [-0.05, 0) is 30.3 Å². The van der Waals surface area contributed by atoms with Gasteiger partial charge in [0.1, 0.15) is 5.75 Å². The molecule has 0 fully saturated rings. The maximum atomic E-state index is 12.2. The van der Waals surface area contributed by atoms with Crippen molar-refractivity contribution < 1.29 is 14.3 Å². The summed E-state index contributed by atoms with van der Waals surface area (Å²) >= 11 is 3.33. The first-order valence-electron chi connectivity index (χ1n) is 8.18. The van der Waals surface area contributed by atoms with Crippen molar-refractivity contribution in [1.29, 1.82) is 0 Å². The van der Waals surface area contributed by atoms with Gasteiger partial charge in [-0.1, -0.05) is 34.1 Å². The molecule has 2 aromatic carbocycles. The Balaban J connectivity index is 1.47. The molecule has 1 atom stereocenters. The Morgan fingerprint density at radius 1 is 1.12 bits per heavy atom. The van der Waals surface area contributed by atoms with Crippen LogP contribution in [0.5, 0.6) is 5.75 Å². The number of rotatable bonds is 5. The Morgan fingerprint density at radius 2 is 1.88 bits per heavy atom. The molecule has 2 aromatic rings. The second-order valence-electron chi connectivity index (χ2n) is 5.81. The summed E-state index contributed by atoms with van der Waals surface area (Å²) in [5, 5.41) is 5.79. The lowest BCUT2D eigenvalue weighted by Gasteiger charge is -2.26. The Labute approximate surface area is 154 Å². The highest BCUT2D eigenvalue weighted by Gasteiger charge is 2.22. The van der Waals surface area contributed by atoms with Crippen molar-refractivity contribution in [3.63, 3.8) is 0 Å². The van der Waals surface area contributed by atoms with E-state index in [4.69, 9.17) is 4.74 Å². The summed E-state index contributed by atoms with van der Waals surface area (Å²) in [4.78, 5) is 24.2. The van der Waals surface area contributed by atoms with Crippen LogP contribution in [-0.4, -0.2) is 25.0 Å². The van der Waals surface area contributed by atoms with E-state index in [1.165, 1.54) is 0 Å². The number of hydrogen-bond acceptors (Lipinski definition) is 3. The summed E-state index contributed by atoms with van der Waals surface area (Å²) in [5.74, 6) is 0.553. The second-order valence-corrected chi connectivity index (χ2v) is 6.72. The van der Waals surface area contributed by atoms with Crippen molar-refractivity contribution in [3.05, 3.63) is 64.1 Å². The first kappa shape index (κ1) is 17.5. The van der Waals surface area contributed by atoms with Crippen LogP contribution in [-0.2, 0) is 4.79 Å². The van der Waals surface area contributed by atoms with E-state index in [0.29, 0.717) is 18.7 Å². The van der Waals surface area contributed by atoms with Gasteiger partial charge in [-0.15, -0.1) is 0 Å². The van der Waals surface area contributed by atoms with Crippen LogP contribution < -0.4 is 15.4 Å². The smallest absolute Gasteiger partial charge is 0.251 e. The lowest BCUT2D eigenvalue weighted by Crippen LogP contribution is -2.34. The standard InChI is InChI=1S/C19H19BrN2O3/c20-14-7-5-13(6-8-14)19(24)21-11-9-18(23)22-16-10-12-25-17-4-2-1-3-15(16)17/h1-8,16H,9-12H2,(H,21,24)(H,22,23)/t16-/m0/s1. The fourth-order valence-corrected chi connectivity index (χ4v) is 3.02. The summed E-state index contributed by atoms with van der Waals surface area (Å²) in [7, 11) is 0. The quantitative estimate of drug-likeness (QED) is 0.806. The third kappa shape index (κ3) is 4.60. The number of para-hydroxylation sites is 1. The third-order valence-electron chi connectivity index (χ3n) is 4.04. The molecule has 1 aliphatic rings. The molecular formula is C19H19BrN2O3. The van der Waals surface area contributed by atoms with Gasteiger partial charge in [0.15, 0.2) is 0 Å². The zero-order chi connectivity index (χ0) is 17.6. The van der Waals surface area contributed by atoms with Gasteiger partial charge in [-0.3, -0.25) is 9.59 Å². The lowest BCUT2D eigenvalue weighted by atomic mass is 10.0. The van der Waals surface area contributed by atoms with E-state index in [2.05, 4.69) is 26.6 Å². The van der Waals surface area contributed by atoms with Crippen molar-refractivity contribution in [2.75, 3.05) is 13.2 Å². The molecule has 0 aliphatic carbocycles. The summed E-state index contributed by atoms with van der Waals surface area (Å²) in [6.45, 7) is 0.883. The molecule has 0 radical (unpaired) electrons. The van der Waals surface area contributed by atoms with E-state index in [0.717, 1.165) is 22.2 Å². The van der Waals surface area contributed by atoms with Gasteiger partial charge in [-0.2, -0.15) is 0 Å². The van der Waals surface area contributed by atoms with Gasteiger partial charge in [0.2, 0.25) is 5.91 Å². The van der Waals surface area contributed by atoms with Gasteiger partial charge in [0.05, 0.1) is 12.6 Å². The van der Waals surface area contributed by atoms with Gasteiger partial charge >= 0.3 is 0 Å². The minimum atomic E-state index is -0.184. The number of ether oxygens (including phenoxy) is 1. The summed E-state index contributed by atoms with van der Waals surface area (Å²) in [5.41, 5.74) is 1.57. The molecule has 5 nitrogen and oxygen atoms in total. The minimum absolute atomic E-state index is 0.0420. The molecule has 130 valence electrons. The molecule has 0 bridgehead atoms. The van der Waals surface area contributed by atoms with E-state index in [1.807, 2.05) is 36.4 Å². The van der Waals surface area contributed by atoms with Crippen molar-refractivity contribution >= 4 is 27.7 Å². The molecule has 0 saturated carbocycles. The maximum absolute atomic E-state index is 12.2. The second kappa shape index (κ2) is 8.16. The number of carbonyl (C=O) groups is 2. The first-order valence-corrected chi connectivity index (χ1v) is 8.97. The highest BCUT2D eigenvalue weighted by molar-refractivity contribution is 9.10. The van der Waals surface area contributed by atoms with E-state index < -0.39 is 0 Å². The van der Waals surface area contributed by atoms with Gasteiger partial charge < -0.3 is 15.4 Å². The van der Waals surface area contributed by atoms with Crippen molar-refractivity contribution in [3.8, 4) is 5.75 Å². The highest BCUT2D eigenvalue weighted by atomic mass is 79.9. The maximum Gasteiger partial charge on any atom is 0.251 e. The molecule has 25 heavy (non-hydrogen) atoms. The van der Waals surface area contributed by atoms with Crippen molar-refractivity contribution in [1.82, 2.24) is 10.6 Å². The first-order chi connectivity index (χ1) is 12.1. The zero-order valence-electron chi connectivity index (χ0n) is 13.6.